The van der Waals surface area contributed by atoms with E-state index in [9.17, 15) is 19.2 Å². The summed E-state index contributed by atoms with van der Waals surface area (Å²) in [7, 11) is 0. The van der Waals surface area contributed by atoms with Gasteiger partial charge < -0.3 is 0 Å². The second kappa shape index (κ2) is 8.27. The number of nitrogens with one attached hydrogen (secondary N) is 2. The molecule has 0 unspecified atom stereocenters. The molecule has 2 N–H and O–H groups in total. The number of hydrogen-bond acceptors (Lipinski definition) is 6. The number of hydrogen-bond donors (Lipinski definition) is 2. The van der Waals surface area contributed by atoms with Gasteiger partial charge in [0.25, 0.3) is 11.1 Å². The first kappa shape index (κ1) is 19.5. The molecule has 0 saturated carbocycles. The van der Waals surface area contributed by atoms with Gasteiger partial charge in [-0.3, -0.25) is 28.7 Å². The van der Waals surface area contributed by atoms with E-state index in [-0.39, 0.29) is 22.4 Å². The molecule has 10 nitrogen and oxygen atoms in total. The summed E-state index contributed by atoms with van der Waals surface area (Å²) in [6.07, 6.45) is 5.79. The van der Waals surface area contributed by atoms with Crippen molar-refractivity contribution in [2.24, 2.45) is 0 Å². The van der Waals surface area contributed by atoms with Gasteiger partial charge in [-0.05, 0) is 37.1 Å². The number of nitrogens with zero attached hydrogens (tertiary/aromatic N) is 4. The van der Waals surface area contributed by atoms with Gasteiger partial charge in [-0.15, -0.1) is 0 Å². The number of fused-ring (bicyclic) bond motifs is 2. The number of pyridine rings is 2. The van der Waals surface area contributed by atoms with Gasteiger partial charge in [0.1, 0.15) is 11.3 Å². The van der Waals surface area contributed by atoms with Crippen LogP contribution in [0.15, 0.2) is 55.8 Å². The minimum absolute atomic E-state index is 0.282. The van der Waals surface area contributed by atoms with Crippen molar-refractivity contribution in [3.8, 4) is 0 Å². The van der Waals surface area contributed by atoms with E-state index in [1.54, 1.807) is 24.3 Å². The summed E-state index contributed by atoms with van der Waals surface area (Å²) in [5.41, 5.74) is -1.10. The third-order valence-electron chi connectivity index (χ3n) is 5.02. The molecule has 4 aromatic heterocycles. The number of rotatable bonds is 7. The lowest BCUT2D eigenvalue weighted by Crippen LogP contribution is -2.35. The van der Waals surface area contributed by atoms with Crippen LogP contribution in [0.25, 0.3) is 22.1 Å². The molecule has 0 amide bonds. The molecule has 0 radical (unpaired) electrons. The Hall–Kier alpha value is -3.82. The molecule has 0 aliphatic heterocycles. The van der Waals surface area contributed by atoms with E-state index in [1.807, 2.05) is 0 Å². The highest BCUT2D eigenvalue weighted by molar-refractivity contribution is 5.73. The summed E-state index contributed by atoms with van der Waals surface area (Å²) in [5.74, 6) is 0. The largest absolute Gasteiger partial charge is 0.329 e. The van der Waals surface area contributed by atoms with Crippen molar-refractivity contribution >= 4 is 22.1 Å². The van der Waals surface area contributed by atoms with E-state index >= 15 is 0 Å². The van der Waals surface area contributed by atoms with Crippen molar-refractivity contribution in [1.29, 1.82) is 0 Å². The van der Waals surface area contributed by atoms with Crippen LogP contribution in [-0.4, -0.2) is 29.1 Å². The van der Waals surface area contributed by atoms with Crippen molar-refractivity contribution in [3.05, 3.63) is 78.3 Å². The molecule has 4 rings (SSSR count). The van der Waals surface area contributed by atoms with Crippen molar-refractivity contribution in [3.63, 3.8) is 0 Å². The van der Waals surface area contributed by atoms with Crippen LogP contribution in [-0.2, 0) is 13.1 Å². The van der Waals surface area contributed by atoms with Crippen LogP contribution in [0.2, 0.25) is 0 Å². The maximum atomic E-state index is 12.5. The first-order chi connectivity index (χ1) is 14.6. The average molecular weight is 408 g/mol. The second-order valence-corrected chi connectivity index (χ2v) is 6.99. The lowest BCUT2D eigenvalue weighted by molar-refractivity contribution is 0.514. The summed E-state index contributed by atoms with van der Waals surface area (Å²) in [6.45, 7) is 0.586. The molecular formula is C20H20N6O4. The van der Waals surface area contributed by atoms with E-state index in [0.717, 1.165) is 12.8 Å². The summed E-state index contributed by atoms with van der Waals surface area (Å²) < 4.78 is 2.35. The Balaban J connectivity index is 1.36. The molecule has 0 fully saturated rings. The minimum atomic E-state index is -0.478. The molecule has 4 aromatic rings. The Morgan fingerprint density at radius 1 is 0.667 bits per heavy atom. The molecule has 0 spiro atoms. The highest BCUT2D eigenvalue weighted by Gasteiger charge is 2.09. The smallest absolute Gasteiger partial charge is 0.291 e. The van der Waals surface area contributed by atoms with Crippen LogP contribution >= 0.6 is 0 Å². The van der Waals surface area contributed by atoms with E-state index in [2.05, 4.69) is 19.9 Å². The van der Waals surface area contributed by atoms with Crippen LogP contribution < -0.4 is 22.5 Å². The van der Waals surface area contributed by atoms with E-state index in [4.69, 9.17) is 0 Å². The fraction of sp³-hybridized carbons (Fsp3) is 0.300. The summed E-state index contributed by atoms with van der Waals surface area (Å²) in [6, 6.07) is 6.56. The zero-order valence-electron chi connectivity index (χ0n) is 16.1. The Kier molecular flexibility index (Phi) is 5.38. The van der Waals surface area contributed by atoms with Gasteiger partial charge in [0.15, 0.2) is 0 Å². The fourth-order valence-corrected chi connectivity index (χ4v) is 3.47. The number of unbranched alkanes of at least 4 members (excludes halogenated alkanes) is 3. The molecule has 154 valence electrons. The summed E-state index contributed by atoms with van der Waals surface area (Å²) >= 11 is 0. The monoisotopic (exact) mass is 408 g/mol. The number of aromatic amines is 2. The van der Waals surface area contributed by atoms with Gasteiger partial charge in [0.05, 0.1) is 10.8 Å². The third-order valence-corrected chi connectivity index (χ3v) is 5.02. The molecule has 0 aliphatic rings. The van der Waals surface area contributed by atoms with Crippen LogP contribution in [0.1, 0.15) is 25.7 Å². The Morgan fingerprint density at radius 2 is 1.10 bits per heavy atom. The first-order valence-electron chi connectivity index (χ1n) is 9.72. The maximum absolute atomic E-state index is 12.5. The quantitative estimate of drug-likeness (QED) is 0.433. The SMILES string of the molecule is O=c1[nH]c2ncccc2c(=O)n1CCCCCCn1c(=O)[nH]c2ncccc2c1=O. The standard InChI is InChI=1S/C20H20N6O4/c27-17-13-7-5-9-21-15(13)23-19(29)25(17)11-3-1-2-4-12-26-18(28)14-8-6-10-22-16(14)24-20(26)30/h5-10H,1-4,11-12H2,(H,21,23,29)(H,22,24,30). The maximum Gasteiger partial charge on any atom is 0.329 e. The van der Waals surface area contributed by atoms with Crippen molar-refractivity contribution in [2.75, 3.05) is 0 Å². The lowest BCUT2D eigenvalue weighted by atomic mass is 10.2. The lowest BCUT2D eigenvalue weighted by Gasteiger charge is -2.07. The predicted molar refractivity (Wildman–Crippen MR) is 112 cm³/mol. The molecule has 4 heterocycles. The van der Waals surface area contributed by atoms with Gasteiger partial charge in [-0.2, -0.15) is 0 Å². The van der Waals surface area contributed by atoms with Crippen molar-refractivity contribution < 1.29 is 0 Å². The molecule has 0 bridgehead atoms. The number of H-pyrrole nitrogens is 2. The molecule has 0 aliphatic carbocycles. The van der Waals surface area contributed by atoms with E-state index < -0.39 is 11.4 Å². The van der Waals surface area contributed by atoms with Crippen LogP contribution in [0, 0.1) is 0 Å². The van der Waals surface area contributed by atoms with Gasteiger partial charge >= 0.3 is 11.4 Å². The van der Waals surface area contributed by atoms with E-state index in [1.165, 1.54) is 21.5 Å². The topological polar surface area (TPSA) is 136 Å². The zero-order chi connectivity index (χ0) is 21.1. The van der Waals surface area contributed by atoms with Crippen LogP contribution in [0.5, 0.6) is 0 Å². The highest BCUT2D eigenvalue weighted by atomic mass is 16.2. The van der Waals surface area contributed by atoms with Crippen LogP contribution in [0.3, 0.4) is 0 Å². The molecule has 0 aromatic carbocycles. The molecule has 10 heteroatoms. The van der Waals surface area contributed by atoms with Gasteiger partial charge in [0.2, 0.25) is 0 Å². The normalized spacial score (nSPS) is 11.3. The highest BCUT2D eigenvalue weighted by Crippen LogP contribution is 2.04. The van der Waals surface area contributed by atoms with E-state index in [0.29, 0.717) is 36.7 Å². The van der Waals surface area contributed by atoms with Crippen molar-refractivity contribution in [2.45, 2.75) is 38.8 Å². The Bertz CT molecular complexity index is 1330. The third kappa shape index (κ3) is 3.71. The molecule has 0 saturated heterocycles. The molecule has 30 heavy (non-hydrogen) atoms. The van der Waals surface area contributed by atoms with Crippen LogP contribution in [0.4, 0.5) is 0 Å². The van der Waals surface area contributed by atoms with Gasteiger partial charge in [-0.1, -0.05) is 12.8 Å². The second-order valence-electron chi connectivity index (χ2n) is 6.99. The zero-order valence-corrected chi connectivity index (χ0v) is 16.1. The first-order valence-corrected chi connectivity index (χ1v) is 9.72. The minimum Gasteiger partial charge on any atom is -0.291 e. The van der Waals surface area contributed by atoms with Crippen molar-refractivity contribution in [1.82, 2.24) is 29.1 Å². The van der Waals surface area contributed by atoms with Gasteiger partial charge in [0, 0.05) is 25.5 Å². The number of aromatic nitrogens is 6. The molecule has 0 atom stereocenters. The average Bonchev–Trinajstić information content (AvgIpc) is 2.74. The summed E-state index contributed by atoms with van der Waals surface area (Å²) in [5, 5.41) is 0.753. The Morgan fingerprint density at radius 3 is 1.53 bits per heavy atom. The fourth-order valence-electron chi connectivity index (χ4n) is 3.47. The predicted octanol–water partition coefficient (Wildman–Crippen LogP) is 0.744. The summed E-state index contributed by atoms with van der Waals surface area (Å²) in [4.78, 5) is 62.4. The van der Waals surface area contributed by atoms with Gasteiger partial charge in [-0.25, -0.2) is 19.6 Å². The Labute approximate surface area is 168 Å². The molecular weight excluding hydrogens is 388 g/mol.